The molecule has 0 bridgehead atoms. The van der Waals surface area contributed by atoms with Crippen LogP contribution in [0.2, 0.25) is 5.02 Å². The zero-order valence-corrected chi connectivity index (χ0v) is 16.3. The molecule has 1 unspecified atom stereocenters. The third kappa shape index (κ3) is 8.18. The third-order valence-electron chi connectivity index (χ3n) is 3.76. The van der Waals surface area contributed by atoms with Crippen molar-refractivity contribution in [2.24, 2.45) is 0 Å². The Bertz CT molecular complexity index is 542. The van der Waals surface area contributed by atoms with E-state index in [1.54, 1.807) is 12.1 Å². The number of rotatable bonds is 5. The van der Waals surface area contributed by atoms with E-state index in [4.69, 9.17) is 16.7 Å². The molecule has 0 radical (unpaired) electrons. The maximum absolute atomic E-state index is 12.3. The molecule has 6 nitrogen and oxygen atoms in total. The Hall–Kier alpha value is -1.15. The number of halogens is 1. The van der Waals surface area contributed by atoms with Crippen LogP contribution in [-0.4, -0.2) is 52.6 Å². The molecule has 2 atom stereocenters. The smallest absolute Gasteiger partial charge is 0.406 e. The average molecular weight is 391 g/mol. The summed E-state index contributed by atoms with van der Waals surface area (Å²) in [7, 11) is 0.266. The van der Waals surface area contributed by atoms with Crippen LogP contribution in [0.15, 0.2) is 29.2 Å². The summed E-state index contributed by atoms with van der Waals surface area (Å²) in [5.41, 5.74) is 0. The Balaban J connectivity index is 0.000000299. The van der Waals surface area contributed by atoms with Gasteiger partial charge in [-0.05, 0) is 50.5 Å². The number of hydrogen-bond acceptors (Lipinski definition) is 4. The number of ether oxygens (including phenoxy) is 1. The van der Waals surface area contributed by atoms with Crippen molar-refractivity contribution >= 4 is 28.7 Å². The summed E-state index contributed by atoms with van der Waals surface area (Å²) in [6.45, 7) is 3.62. The van der Waals surface area contributed by atoms with Crippen molar-refractivity contribution in [3.63, 3.8) is 0 Å². The molecule has 1 aromatic rings. The second-order valence-electron chi connectivity index (χ2n) is 5.68. The number of nitrogens with one attached hydrogen (secondary N) is 1. The Morgan fingerprint density at radius 2 is 2.08 bits per heavy atom. The van der Waals surface area contributed by atoms with Gasteiger partial charge in [-0.1, -0.05) is 18.0 Å². The monoisotopic (exact) mass is 390 g/mol. The van der Waals surface area contributed by atoms with Gasteiger partial charge in [0.25, 0.3) is 0 Å². The molecule has 1 heterocycles. The number of carbonyl (C=O) groups excluding carboxylic acids is 1. The highest BCUT2D eigenvalue weighted by Gasteiger charge is 2.24. The summed E-state index contributed by atoms with van der Waals surface area (Å²) in [5.74, 6) is 0. The van der Waals surface area contributed by atoms with Crippen LogP contribution in [0.3, 0.4) is 0 Å². The second kappa shape index (κ2) is 12.2. The standard InChI is InChI=1S/C12H16ClNOS.C5H11NO3/c1-10-4-2-3-9-14(10)16(15)12-7-5-11(13)6-8-12;1-9-5(8)6-3-2-4-7/h5-8,10H,2-4,9H2,1H3;7H,2-4H2,1H3,(H,6,8)/t10-,16?;/m1./s1. The fourth-order valence-electron chi connectivity index (χ4n) is 2.35. The van der Waals surface area contributed by atoms with Gasteiger partial charge in [0.2, 0.25) is 0 Å². The number of alkyl carbamates (subject to hydrolysis) is 1. The number of amides is 1. The van der Waals surface area contributed by atoms with Gasteiger partial charge in [-0.2, -0.15) is 0 Å². The van der Waals surface area contributed by atoms with Crippen molar-refractivity contribution in [1.82, 2.24) is 9.62 Å². The van der Waals surface area contributed by atoms with Gasteiger partial charge in [0, 0.05) is 30.8 Å². The number of aliphatic hydroxyl groups is 1. The lowest BCUT2D eigenvalue weighted by atomic mass is 10.1. The lowest BCUT2D eigenvalue weighted by Gasteiger charge is -2.31. The molecule has 1 amide bonds. The van der Waals surface area contributed by atoms with Gasteiger partial charge in [-0.15, -0.1) is 0 Å². The highest BCUT2D eigenvalue weighted by molar-refractivity contribution is 7.82. The third-order valence-corrected chi connectivity index (χ3v) is 5.66. The fourth-order valence-corrected chi connectivity index (χ4v) is 3.84. The quantitative estimate of drug-likeness (QED) is 0.757. The Morgan fingerprint density at radius 3 is 2.64 bits per heavy atom. The molecule has 8 heteroatoms. The van der Waals surface area contributed by atoms with Gasteiger partial charge in [-0.25, -0.2) is 13.3 Å². The molecular weight excluding hydrogens is 364 g/mol. The zero-order chi connectivity index (χ0) is 18.7. The molecule has 0 saturated carbocycles. The minimum atomic E-state index is -1.03. The molecule has 1 aliphatic heterocycles. The minimum absolute atomic E-state index is 0.0873. The summed E-state index contributed by atoms with van der Waals surface area (Å²) in [5, 5.41) is 11.4. The highest BCUT2D eigenvalue weighted by Crippen LogP contribution is 2.22. The Labute approximate surface area is 157 Å². The van der Waals surface area contributed by atoms with Crippen LogP contribution < -0.4 is 5.32 Å². The van der Waals surface area contributed by atoms with Crippen molar-refractivity contribution in [2.75, 3.05) is 26.8 Å². The topological polar surface area (TPSA) is 78.9 Å². The SMILES string of the molecule is COC(=O)NCCCO.C[C@@H]1CCCCN1S(=O)c1ccc(Cl)cc1. The van der Waals surface area contributed by atoms with Gasteiger partial charge in [-0.3, -0.25) is 0 Å². The van der Waals surface area contributed by atoms with Crippen molar-refractivity contribution in [3.8, 4) is 0 Å². The van der Waals surface area contributed by atoms with Crippen LogP contribution in [0, 0.1) is 0 Å². The molecule has 142 valence electrons. The Kier molecular flexibility index (Phi) is 10.7. The van der Waals surface area contributed by atoms with E-state index in [1.807, 2.05) is 12.1 Å². The molecule has 0 aromatic heterocycles. The maximum Gasteiger partial charge on any atom is 0.406 e. The first-order chi connectivity index (χ1) is 12.0. The molecule has 2 N–H and O–H groups in total. The van der Waals surface area contributed by atoms with Gasteiger partial charge in [0.05, 0.1) is 12.0 Å². The van der Waals surface area contributed by atoms with Crippen LogP contribution in [0.4, 0.5) is 4.79 Å². The van der Waals surface area contributed by atoms with Gasteiger partial charge < -0.3 is 15.2 Å². The van der Waals surface area contributed by atoms with E-state index in [-0.39, 0.29) is 6.61 Å². The normalized spacial score (nSPS) is 18.6. The van der Waals surface area contributed by atoms with Gasteiger partial charge >= 0.3 is 6.09 Å². The van der Waals surface area contributed by atoms with Crippen LogP contribution in [0.25, 0.3) is 0 Å². The number of piperidine rings is 1. The van der Waals surface area contributed by atoms with Gasteiger partial charge in [0.1, 0.15) is 11.0 Å². The molecular formula is C17H27ClN2O4S. The van der Waals surface area contributed by atoms with Crippen molar-refractivity contribution < 1.29 is 18.8 Å². The van der Waals surface area contributed by atoms with E-state index in [2.05, 4.69) is 21.3 Å². The lowest BCUT2D eigenvalue weighted by molar-refractivity contribution is 0.170. The van der Waals surface area contributed by atoms with E-state index in [9.17, 15) is 9.00 Å². The summed E-state index contributed by atoms with van der Waals surface area (Å²) >= 11 is 5.82. The summed E-state index contributed by atoms with van der Waals surface area (Å²) < 4.78 is 18.7. The molecule has 1 saturated heterocycles. The van der Waals surface area contributed by atoms with Crippen molar-refractivity contribution in [2.45, 2.75) is 43.5 Å². The van der Waals surface area contributed by atoms with Crippen LogP contribution in [0.5, 0.6) is 0 Å². The van der Waals surface area contributed by atoms with Crippen LogP contribution in [-0.2, 0) is 15.7 Å². The summed E-state index contributed by atoms with van der Waals surface area (Å²) in [6.07, 6.45) is 3.64. The molecule has 0 spiro atoms. The molecule has 1 aromatic carbocycles. The summed E-state index contributed by atoms with van der Waals surface area (Å²) in [6, 6.07) is 7.69. The van der Waals surface area contributed by atoms with E-state index >= 15 is 0 Å². The van der Waals surface area contributed by atoms with E-state index in [0.29, 0.717) is 24.0 Å². The molecule has 1 aliphatic rings. The Morgan fingerprint density at radius 1 is 1.40 bits per heavy atom. The molecule has 0 aliphatic carbocycles. The van der Waals surface area contributed by atoms with Crippen molar-refractivity contribution in [3.05, 3.63) is 29.3 Å². The second-order valence-corrected chi connectivity index (χ2v) is 7.56. The average Bonchev–Trinajstić information content (AvgIpc) is 2.63. The number of methoxy groups -OCH3 is 1. The summed E-state index contributed by atoms with van der Waals surface area (Å²) in [4.78, 5) is 11.1. The number of benzene rings is 1. The first-order valence-electron chi connectivity index (χ1n) is 8.36. The first-order valence-corrected chi connectivity index (χ1v) is 9.84. The molecule has 2 rings (SSSR count). The van der Waals surface area contributed by atoms with Crippen LogP contribution >= 0.6 is 11.6 Å². The fraction of sp³-hybridized carbons (Fsp3) is 0.588. The first kappa shape index (κ1) is 21.9. The van der Waals surface area contributed by atoms with E-state index < -0.39 is 17.1 Å². The van der Waals surface area contributed by atoms with Gasteiger partial charge in [0.15, 0.2) is 0 Å². The predicted octanol–water partition coefficient (Wildman–Crippen LogP) is 2.96. The number of nitrogens with zero attached hydrogens (tertiary/aromatic N) is 1. The molecule has 25 heavy (non-hydrogen) atoms. The zero-order valence-electron chi connectivity index (χ0n) is 14.7. The predicted molar refractivity (Wildman–Crippen MR) is 100.0 cm³/mol. The van der Waals surface area contributed by atoms with E-state index in [1.165, 1.54) is 13.5 Å². The van der Waals surface area contributed by atoms with Crippen LogP contribution in [0.1, 0.15) is 32.6 Å². The maximum atomic E-state index is 12.3. The number of aliphatic hydroxyl groups excluding tert-OH is 1. The lowest BCUT2D eigenvalue weighted by Crippen LogP contribution is -2.38. The number of carbonyl (C=O) groups is 1. The molecule has 1 fully saturated rings. The van der Waals surface area contributed by atoms with E-state index in [0.717, 1.165) is 24.3 Å². The highest BCUT2D eigenvalue weighted by atomic mass is 35.5. The minimum Gasteiger partial charge on any atom is -0.453 e. The largest absolute Gasteiger partial charge is 0.453 e. The number of hydrogen-bond donors (Lipinski definition) is 2. The van der Waals surface area contributed by atoms with Crippen molar-refractivity contribution in [1.29, 1.82) is 0 Å².